The number of esters is 1. The van der Waals surface area contributed by atoms with Crippen molar-refractivity contribution in [2.24, 2.45) is 0 Å². The lowest BCUT2D eigenvalue weighted by Crippen LogP contribution is -2.45. The summed E-state index contributed by atoms with van der Waals surface area (Å²) in [6.45, 7) is 4.98. The number of unbranched alkanes of at least 4 members (excludes halogenated alkanes) is 48. The van der Waals surface area contributed by atoms with Gasteiger partial charge in [0, 0.05) is 12.8 Å². The van der Waals surface area contributed by atoms with Gasteiger partial charge in [0.2, 0.25) is 5.91 Å². The lowest BCUT2D eigenvalue weighted by Gasteiger charge is -2.22. The van der Waals surface area contributed by atoms with E-state index in [1.807, 2.05) is 0 Å². The highest BCUT2D eigenvalue weighted by Crippen LogP contribution is 2.19. The van der Waals surface area contributed by atoms with Gasteiger partial charge in [-0.15, -0.1) is 0 Å². The van der Waals surface area contributed by atoms with Crippen LogP contribution in [0.25, 0.3) is 0 Å². The Hall–Kier alpha value is -1.14. The van der Waals surface area contributed by atoms with Gasteiger partial charge in [0.15, 0.2) is 0 Å². The minimum atomic E-state index is -0.669. The van der Waals surface area contributed by atoms with Crippen LogP contribution < -0.4 is 5.32 Å². The molecule has 406 valence electrons. The SMILES string of the molecule is CCCCCCCCCCCCCCCCCCCCCCC(O)C(CO)NC(=O)CCCCCCCCCCCCCCCCCOC(=O)CCCCCCCCCCCCCCCCCC. The Morgan fingerprint density at radius 1 is 0.353 bits per heavy atom. The second kappa shape index (κ2) is 58.4. The van der Waals surface area contributed by atoms with Crippen LogP contribution in [0.4, 0.5) is 0 Å². The molecule has 0 heterocycles. The third kappa shape index (κ3) is 54.2. The Morgan fingerprint density at radius 3 is 0.897 bits per heavy atom. The summed E-state index contributed by atoms with van der Waals surface area (Å²) >= 11 is 0. The summed E-state index contributed by atoms with van der Waals surface area (Å²) in [4.78, 5) is 24.6. The van der Waals surface area contributed by atoms with Crippen molar-refractivity contribution < 1.29 is 24.5 Å². The molecule has 0 rings (SSSR count). The molecule has 0 spiro atoms. The Bertz CT molecular complexity index is 975. The van der Waals surface area contributed by atoms with Crippen molar-refractivity contribution in [3.05, 3.63) is 0 Å². The van der Waals surface area contributed by atoms with Gasteiger partial charge < -0.3 is 20.3 Å². The first-order valence-electron chi connectivity index (χ1n) is 31.3. The number of aliphatic hydroxyl groups excluding tert-OH is 2. The Balaban J connectivity index is 3.40. The van der Waals surface area contributed by atoms with Crippen LogP contribution >= 0.6 is 0 Å². The molecule has 0 aliphatic heterocycles. The molecule has 0 radical (unpaired) electrons. The lowest BCUT2D eigenvalue weighted by atomic mass is 10.0. The number of aliphatic hydroxyl groups is 2. The van der Waals surface area contributed by atoms with E-state index in [0.717, 1.165) is 44.9 Å². The van der Waals surface area contributed by atoms with E-state index in [1.165, 1.54) is 283 Å². The highest BCUT2D eigenvalue weighted by molar-refractivity contribution is 5.76. The maximum absolute atomic E-state index is 12.5. The molecule has 0 aromatic carbocycles. The maximum Gasteiger partial charge on any atom is 0.305 e. The highest BCUT2D eigenvalue weighted by Gasteiger charge is 2.20. The average Bonchev–Trinajstić information content (AvgIpc) is 3.34. The number of ether oxygens (including phenoxy) is 1. The molecule has 0 aliphatic carbocycles. The summed E-state index contributed by atoms with van der Waals surface area (Å²) < 4.78 is 5.49. The quantitative estimate of drug-likeness (QED) is 0.0417. The van der Waals surface area contributed by atoms with Gasteiger partial charge in [-0.25, -0.2) is 0 Å². The number of amides is 1. The molecule has 0 saturated heterocycles. The molecule has 2 unspecified atom stereocenters. The van der Waals surface area contributed by atoms with Crippen LogP contribution in [0.15, 0.2) is 0 Å². The minimum Gasteiger partial charge on any atom is -0.466 e. The van der Waals surface area contributed by atoms with Gasteiger partial charge in [-0.1, -0.05) is 322 Å². The van der Waals surface area contributed by atoms with E-state index in [1.54, 1.807) is 0 Å². The fourth-order valence-electron chi connectivity index (χ4n) is 10.1. The molecule has 1 amide bonds. The number of hydrogen-bond acceptors (Lipinski definition) is 5. The van der Waals surface area contributed by atoms with Crippen molar-refractivity contribution >= 4 is 11.9 Å². The molecule has 2 atom stereocenters. The van der Waals surface area contributed by atoms with Crippen molar-refractivity contribution in [2.45, 2.75) is 373 Å². The second-order valence-corrected chi connectivity index (χ2v) is 21.8. The van der Waals surface area contributed by atoms with Crippen LogP contribution in [0.2, 0.25) is 0 Å². The lowest BCUT2D eigenvalue weighted by molar-refractivity contribution is -0.143. The second-order valence-electron chi connectivity index (χ2n) is 21.8. The first-order chi connectivity index (χ1) is 33.5. The predicted octanol–water partition coefficient (Wildman–Crippen LogP) is 19.5. The summed E-state index contributed by atoms with van der Waals surface area (Å²) in [6.07, 6.45) is 68.2. The van der Waals surface area contributed by atoms with Gasteiger partial charge in [-0.2, -0.15) is 0 Å². The first-order valence-corrected chi connectivity index (χ1v) is 31.3. The van der Waals surface area contributed by atoms with Crippen molar-refractivity contribution in [2.75, 3.05) is 13.2 Å². The monoisotopic (exact) mass is 962 g/mol. The van der Waals surface area contributed by atoms with Gasteiger partial charge in [-0.05, 0) is 25.7 Å². The summed E-state index contributed by atoms with van der Waals surface area (Å²) in [5, 5.41) is 23.4. The number of nitrogens with one attached hydrogen (secondary N) is 1. The number of carbonyl (C=O) groups excluding carboxylic acids is 2. The first kappa shape index (κ1) is 66.9. The van der Waals surface area contributed by atoms with Crippen molar-refractivity contribution in [3.63, 3.8) is 0 Å². The fourth-order valence-corrected chi connectivity index (χ4v) is 10.1. The normalized spacial score (nSPS) is 12.5. The summed E-state index contributed by atoms with van der Waals surface area (Å²) in [5.41, 5.74) is 0. The Labute approximate surface area is 426 Å². The van der Waals surface area contributed by atoms with Gasteiger partial charge in [-0.3, -0.25) is 9.59 Å². The van der Waals surface area contributed by atoms with Gasteiger partial charge in [0.05, 0.1) is 25.4 Å². The Morgan fingerprint density at radius 2 is 0.603 bits per heavy atom. The molecule has 0 saturated carbocycles. The van der Waals surface area contributed by atoms with Crippen molar-refractivity contribution in [1.82, 2.24) is 5.32 Å². The zero-order chi connectivity index (χ0) is 49.3. The minimum absolute atomic E-state index is 0.00562. The summed E-state index contributed by atoms with van der Waals surface area (Å²) in [5.74, 6) is -0.0331. The number of carbonyl (C=O) groups is 2. The van der Waals surface area contributed by atoms with Gasteiger partial charge in [0.1, 0.15) is 0 Å². The van der Waals surface area contributed by atoms with Crippen LogP contribution in [0, 0.1) is 0 Å². The van der Waals surface area contributed by atoms with E-state index in [-0.39, 0.29) is 18.5 Å². The maximum atomic E-state index is 12.5. The molecule has 6 nitrogen and oxygen atoms in total. The van der Waals surface area contributed by atoms with Crippen LogP contribution in [-0.4, -0.2) is 47.4 Å². The van der Waals surface area contributed by atoms with Crippen LogP contribution in [-0.2, 0) is 14.3 Å². The van der Waals surface area contributed by atoms with E-state index >= 15 is 0 Å². The van der Waals surface area contributed by atoms with Gasteiger partial charge in [0.25, 0.3) is 0 Å². The largest absolute Gasteiger partial charge is 0.466 e. The molecule has 0 aliphatic rings. The molecule has 6 heteroatoms. The van der Waals surface area contributed by atoms with E-state index < -0.39 is 12.1 Å². The van der Waals surface area contributed by atoms with Gasteiger partial charge >= 0.3 is 5.97 Å². The summed E-state index contributed by atoms with van der Waals surface area (Å²) in [6, 6.07) is -0.547. The predicted molar refractivity (Wildman–Crippen MR) is 297 cm³/mol. The van der Waals surface area contributed by atoms with Crippen molar-refractivity contribution in [1.29, 1.82) is 0 Å². The summed E-state index contributed by atoms with van der Waals surface area (Å²) in [7, 11) is 0. The molecule has 0 aromatic rings. The number of rotatable bonds is 59. The van der Waals surface area contributed by atoms with E-state index in [9.17, 15) is 19.8 Å². The third-order valence-corrected chi connectivity index (χ3v) is 14.9. The van der Waals surface area contributed by atoms with Crippen LogP contribution in [0.1, 0.15) is 361 Å². The van der Waals surface area contributed by atoms with Crippen LogP contribution in [0.5, 0.6) is 0 Å². The molecule has 0 fully saturated rings. The molecular formula is C62H123NO5. The van der Waals surface area contributed by atoms with E-state index in [2.05, 4.69) is 19.2 Å². The zero-order valence-corrected chi connectivity index (χ0v) is 46.4. The smallest absolute Gasteiger partial charge is 0.305 e. The topological polar surface area (TPSA) is 95.9 Å². The standard InChI is InChI=1S/C62H123NO5/c1-3-5-7-9-11-13-15-17-19-21-22-23-24-26-30-34-38-42-46-50-54-60(65)59(58-64)63-61(66)55-51-47-43-39-35-31-27-25-29-33-37-41-45-49-53-57-68-62(67)56-52-48-44-40-36-32-28-20-18-16-14-12-10-8-6-4-2/h59-60,64-65H,3-58H2,1-2H3,(H,63,66). The molecular weight excluding hydrogens is 839 g/mol. The fraction of sp³-hybridized carbons (Fsp3) is 0.968. The molecule has 68 heavy (non-hydrogen) atoms. The average molecular weight is 963 g/mol. The van der Waals surface area contributed by atoms with E-state index in [0.29, 0.717) is 25.9 Å². The Kier molecular flexibility index (Phi) is 57.5. The third-order valence-electron chi connectivity index (χ3n) is 14.9. The van der Waals surface area contributed by atoms with Crippen molar-refractivity contribution in [3.8, 4) is 0 Å². The zero-order valence-electron chi connectivity index (χ0n) is 46.4. The molecule has 0 bridgehead atoms. The van der Waals surface area contributed by atoms with Crippen LogP contribution in [0.3, 0.4) is 0 Å². The van der Waals surface area contributed by atoms with E-state index in [4.69, 9.17) is 4.74 Å². The molecule has 3 N–H and O–H groups in total. The molecule has 0 aromatic heterocycles. The highest BCUT2D eigenvalue weighted by atomic mass is 16.5. The number of hydrogen-bond donors (Lipinski definition) is 3.